The van der Waals surface area contributed by atoms with E-state index in [0.29, 0.717) is 13.0 Å². The molecule has 0 aliphatic carbocycles. The minimum Gasteiger partial charge on any atom is -0.490 e. The van der Waals surface area contributed by atoms with Crippen LogP contribution in [0.15, 0.2) is 60.1 Å². The Labute approximate surface area is 170 Å². The predicted octanol–water partition coefficient (Wildman–Crippen LogP) is 5.99. The molecule has 0 bridgehead atoms. The van der Waals surface area contributed by atoms with Gasteiger partial charge in [0.05, 0.1) is 22.1 Å². The Balaban J connectivity index is 1.48. The van der Waals surface area contributed by atoms with Crippen LogP contribution in [0.4, 0.5) is 5.69 Å². The summed E-state index contributed by atoms with van der Waals surface area (Å²) in [5.41, 5.74) is 4.48. The molecule has 0 saturated heterocycles. The number of carbonyl (C=O) groups excluding carboxylic acids is 1. The lowest BCUT2D eigenvalue weighted by Crippen LogP contribution is -2.14. The van der Waals surface area contributed by atoms with Gasteiger partial charge in [-0.1, -0.05) is 44.1 Å². The second-order valence-electron chi connectivity index (χ2n) is 6.69. The molecule has 1 amide bonds. The van der Waals surface area contributed by atoms with Crippen molar-refractivity contribution in [3.8, 4) is 5.75 Å². The minimum atomic E-state index is -0.0446. The molecule has 5 heteroatoms. The fourth-order valence-electron chi connectivity index (χ4n) is 2.91. The fourth-order valence-corrected chi connectivity index (χ4v) is 3.63. The molecular weight excluding hydrogens is 368 g/mol. The highest BCUT2D eigenvalue weighted by Gasteiger charge is 2.06. The number of amides is 1. The number of hydrogen-bond donors (Lipinski definition) is 1. The van der Waals surface area contributed by atoms with Gasteiger partial charge >= 0.3 is 0 Å². The van der Waals surface area contributed by atoms with Crippen molar-refractivity contribution in [2.75, 3.05) is 11.9 Å². The van der Waals surface area contributed by atoms with Crippen LogP contribution in [-0.4, -0.2) is 17.5 Å². The Morgan fingerprint density at radius 3 is 3.00 bits per heavy atom. The summed E-state index contributed by atoms with van der Waals surface area (Å²) in [4.78, 5) is 16.6. The van der Waals surface area contributed by atoms with Gasteiger partial charge in [-0.2, -0.15) is 0 Å². The first-order chi connectivity index (χ1) is 13.7. The summed E-state index contributed by atoms with van der Waals surface area (Å²) in [7, 11) is 0. The number of fused-ring (bicyclic) bond motifs is 1. The SMILES string of the molecule is CCCCC/C=C/COc1cccc(CC(=O)Nc2ccc3ncsc3c2)c1. The standard InChI is InChI=1S/C23H26N2O2S/c1-2-3-4-5-6-7-13-27-20-10-8-9-18(14-20)15-23(26)25-19-11-12-21-22(16-19)28-17-24-21/h6-12,14,16-17H,2-5,13,15H2,1H3,(H,25,26)/b7-6+. The molecule has 0 saturated carbocycles. The summed E-state index contributed by atoms with van der Waals surface area (Å²) in [6, 6.07) is 13.5. The lowest BCUT2D eigenvalue weighted by Gasteiger charge is -2.08. The molecule has 28 heavy (non-hydrogen) atoms. The molecule has 0 fully saturated rings. The second kappa shape index (κ2) is 10.6. The van der Waals surface area contributed by atoms with E-state index in [9.17, 15) is 4.79 Å². The maximum atomic E-state index is 12.4. The lowest BCUT2D eigenvalue weighted by atomic mass is 10.1. The predicted molar refractivity (Wildman–Crippen MR) is 117 cm³/mol. The van der Waals surface area contributed by atoms with Crippen LogP contribution in [-0.2, 0) is 11.2 Å². The molecule has 0 unspecified atom stereocenters. The number of ether oxygens (including phenoxy) is 1. The molecule has 3 aromatic rings. The summed E-state index contributed by atoms with van der Waals surface area (Å²) in [5, 5.41) is 2.96. The Morgan fingerprint density at radius 2 is 2.11 bits per heavy atom. The number of benzene rings is 2. The topological polar surface area (TPSA) is 51.2 Å². The number of anilines is 1. The number of aromatic nitrogens is 1. The highest BCUT2D eigenvalue weighted by molar-refractivity contribution is 7.16. The number of allylic oxidation sites excluding steroid dienone is 1. The molecular formula is C23H26N2O2S. The van der Waals surface area contributed by atoms with Gasteiger partial charge in [-0.05, 0) is 48.7 Å². The van der Waals surface area contributed by atoms with E-state index in [1.54, 1.807) is 11.3 Å². The van der Waals surface area contributed by atoms with E-state index in [4.69, 9.17) is 4.74 Å². The number of nitrogens with zero attached hydrogens (tertiary/aromatic N) is 1. The third kappa shape index (κ3) is 6.20. The molecule has 0 aliphatic rings. The van der Waals surface area contributed by atoms with Crippen LogP contribution < -0.4 is 10.1 Å². The first-order valence-corrected chi connectivity index (χ1v) is 10.6. The number of hydrogen-bond acceptors (Lipinski definition) is 4. The average Bonchev–Trinajstić information content (AvgIpc) is 3.15. The highest BCUT2D eigenvalue weighted by Crippen LogP contribution is 2.22. The number of thiazole rings is 1. The van der Waals surface area contributed by atoms with E-state index < -0.39 is 0 Å². The van der Waals surface area contributed by atoms with Crippen molar-refractivity contribution in [1.82, 2.24) is 4.98 Å². The number of unbranched alkanes of at least 4 members (excludes halogenated alkanes) is 3. The molecule has 1 aromatic heterocycles. The quantitative estimate of drug-likeness (QED) is 0.339. The second-order valence-corrected chi connectivity index (χ2v) is 7.57. The van der Waals surface area contributed by atoms with Crippen molar-refractivity contribution >= 4 is 33.1 Å². The zero-order valence-electron chi connectivity index (χ0n) is 16.2. The van der Waals surface area contributed by atoms with Gasteiger partial charge in [-0.25, -0.2) is 4.98 Å². The number of rotatable bonds is 10. The van der Waals surface area contributed by atoms with Crippen molar-refractivity contribution in [3.05, 3.63) is 65.7 Å². The van der Waals surface area contributed by atoms with Crippen molar-refractivity contribution in [1.29, 1.82) is 0 Å². The van der Waals surface area contributed by atoms with Gasteiger partial charge in [0.15, 0.2) is 0 Å². The summed E-state index contributed by atoms with van der Waals surface area (Å²) in [6.45, 7) is 2.76. The van der Waals surface area contributed by atoms with E-state index in [1.807, 2.05) is 48.0 Å². The molecule has 146 valence electrons. The van der Waals surface area contributed by atoms with Gasteiger partial charge < -0.3 is 10.1 Å². The minimum absolute atomic E-state index is 0.0446. The van der Waals surface area contributed by atoms with Crippen LogP contribution in [0.2, 0.25) is 0 Å². The Bertz CT molecular complexity index is 933. The maximum absolute atomic E-state index is 12.4. The first-order valence-electron chi connectivity index (χ1n) is 9.74. The smallest absolute Gasteiger partial charge is 0.228 e. The van der Waals surface area contributed by atoms with Gasteiger partial charge in [-0.3, -0.25) is 4.79 Å². The third-order valence-electron chi connectivity index (χ3n) is 4.37. The van der Waals surface area contributed by atoms with Crippen molar-refractivity contribution in [2.45, 2.75) is 39.0 Å². The van der Waals surface area contributed by atoms with Crippen LogP contribution in [0.5, 0.6) is 5.75 Å². The van der Waals surface area contributed by atoms with Gasteiger partial charge in [-0.15, -0.1) is 11.3 Å². The molecule has 4 nitrogen and oxygen atoms in total. The van der Waals surface area contributed by atoms with Crippen molar-refractivity contribution in [3.63, 3.8) is 0 Å². The van der Waals surface area contributed by atoms with E-state index in [-0.39, 0.29) is 5.91 Å². The zero-order valence-corrected chi connectivity index (χ0v) is 17.0. The largest absolute Gasteiger partial charge is 0.490 e. The van der Waals surface area contributed by atoms with Gasteiger partial charge in [0.25, 0.3) is 0 Å². The molecule has 0 radical (unpaired) electrons. The Hall–Kier alpha value is -2.66. The normalized spacial score (nSPS) is 11.2. The lowest BCUT2D eigenvalue weighted by molar-refractivity contribution is -0.115. The zero-order chi connectivity index (χ0) is 19.6. The fraction of sp³-hybridized carbons (Fsp3) is 0.304. The summed E-state index contributed by atoms with van der Waals surface area (Å²) >= 11 is 1.56. The van der Waals surface area contributed by atoms with E-state index in [2.05, 4.69) is 29.4 Å². The average molecular weight is 395 g/mol. The Morgan fingerprint density at radius 1 is 1.18 bits per heavy atom. The maximum Gasteiger partial charge on any atom is 0.228 e. The molecule has 2 aromatic carbocycles. The monoisotopic (exact) mass is 394 g/mol. The van der Waals surface area contributed by atoms with Gasteiger partial charge in [0.1, 0.15) is 12.4 Å². The summed E-state index contributed by atoms with van der Waals surface area (Å²) in [5.74, 6) is 0.742. The van der Waals surface area contributed by atoms with Crippen molar-refractivity contribution in [2.24, 2.45) is 0 Å². The summed E-state index contributed by atoms with van der Waals surface area (Å²) < 4.78 is 6.83. The molecule has 0 aliphatic heterocycles. The van der Waals surface area contributed by atoms with E-state index in [1.165, 1.54) is 19.3 Å². The Kier molecular flexibility index (Phi) is 7.62. The third-order valence-corrected chi connectivity index (χ3v) is 5.16. The van der Waals surface area contributed by atoms with Gasteiger partial charge in [0, 0.05) is 5.69 Å². The highest BCUT2D eigenvalue weighted by atomic mass is 32.1. The molecule has 1 heterocycles. The van der Waals surface area contributed by atoms with Crippen LogP contribution in [0.1, 0.15) is 38.2 Å². The van der Waals surface area contributed by atoms with Crippen LogP contribution in [0.3, 0.4) is 0 Å². The van der Waals surface area contributed by atoms with Crippen LogP contribution in [0.25, 0.3) is 10.2 Å². The van der Waals surface area contributed by atoms with Gasteiger partial charge in [0.2, 0.25) is 5.91 Å². The van der Waals surface area contributed by atoms with Crippen LogP contribution >= 0.6 is 11.3 Å². The molecule has 1 N–H and O–H groups in total. The molecule has 0 atom stereocenters. The van der Waals surface area contributed by atoms with E-state index in [0.717, 1.165) is 33.6 Å². The molecule has 3 rings (SSSR count). The summed E-state index contributed by atoms with van der Waals surface area (Å²) in [6.07, 6.45) is 9.39. The number of nitrogens with one attached hydrogen (secondary N) is 1. The van der Waals surface area contributed by atoms with Crippen LogP contribution in [0, 0.1) is 0 Å². The van der Waals surface area contributed by atoms with E-state index >= 15 is 0 Å². The molecule has 0 spiro atoms. The van der Waals surface area contributed by atoms with Crippen molar-refractivity contribution < 1.29 is 9.53 Å². The first kappa shape index (κ1) is 20.1. The number of carbonyl (C=O) groups is 1.